The molecular formula is C15H18O5. The van der Waals surface area contributed by atoms with E-state index in [0.717, 1.165) is 0 Å². The highest BCUT2D eigenvalue weighted by molar-refractivity contribution is 5.91. The van der Waals surface area contributed by atoms with Crippen molar-refractivity contribution in [1.29, 1.82) is 0 Å². The van der Waals surface area contributed by atoms with Crippen molar-refractivity contribution in [3.8, 4) is 0 Å². The number of fused-ring (bicyclic) bond motifs is 5. The normalized spacial score (nSPS) is 65.7. The highest BCUT2D eigenvalue weighted by Crippen LogP contribution is 2.75. The van der Waals surface area contributed by atoms with Gasteiger partial charge in [-0.3, -0.25) is 0 Å². The fourth-order valence-corrected chi connectivity index (χ4v) is 5.23. The van der Waals surface area contributed by atoms with E-state index < -0.39 is 11.2 Å². The van der Waals surface area contributed by atoms with Crippen molar-refractivity contribution in [1.82, 2.24) is 0 Å². The zero-order valence-electron chi connectivity index (χ0n) is 11.6. The van der Waals surface area contributed by atoms with E-state index in [1.165, 1.54) is 0 Å². The minimum atomic E-state index is -0.904. The molecule has 2 aliphatic carbocycles. The Labute approximate surface area is 116 Å². The summed E-state index contributed by atoms with van der Waals surface area (Å²) in [4.78, 5) is 11.9. The summed E-state index contributed by atoms with van der Waals surface area (Å²) in [6, 6.07) is 0. The summed E-state index contributed by atoms with van der Waals surface area (Å²) in [7, 11) is 0. The number of ether oxygens (including phenoxy) is 3. The molecule has 1 spiro atoms. The molecule has 1 N–H and O–H groups in total. The van der Waals surface area contributed by atoms with Crippen LogP contribution in [0.5, 0.6) is 0 Å². The van der Waals surface area contributed by atoms with E-state index in [-0.39, 0.29) is 41.7 Å². The maximum absolute atomic E-state index is 11.9. The molecule has 0 bridgehead atoms. The van der Waals surface area contributed by atoms with Crippen molar-refractivity contribution in [2.75, 3.05) is 0 Å². The summed E-state index contributed by atoms with van der Waals surface area (Å²) in [5.41, 5.74) is -1.30. The highest BCUT2D eigenvalue weighted by atomic mass is 16.7. The first kappa shape index (κ1) is 11.7. The third-order valence-electron chi connectivity index (χ3n) is 6.39. The van der Waals surface area contributed by atoms with Crippen LogP contribution in [0.15, 0.2) is 12.2 Å². The number of hydrogen-bond donors (Lipinski definition) is 1. The topological polar surface area (TPSA) is 71.6 Å². The quantitative estimate of drug-likeness (QED) is 0.398. The Morgan fingerprint density at radius 2 is 2.05 bits per heavy atom. The van der Waals surface area contributed by atoms with Gasteiger partial charge in [0.25, 0.3) is 0 Å². The third kappa shape index (κ3) is 0.954. The van der Waals surface area contributed by atoms with Gasteiger partial charge in [0, 0.05) is 11.5 Å². The molecule has 3 aliphatic heterocycles. The summed E-state index contributed by atoms with van der Waals surface area (Å²) < 4.78 is 17.4. The number of aliphatic hydroxyl groups is 1. The van der Waals surface area contributed by atoms with Gasteiger partial charge in [-0.15, -0.1) is 0 Å². The van der Waals surface area contributed by atoms with Crippen LogP contribution >= 0.6 is 0 Å². The van der Waals surface area contributed by atoms with Crippen LogP contribution in [-0.2, 0) is 19.0 Å². The lowest BCUT2D eigenvalue weighted by molar-refractivity contribution is -0.147. The lowest BCUT2D eigenvalue weighted by Gasteiger charge is -2.36. The second kappa shape index (κ2) is 2.85. The first-order valence-electron chi connectivity index (χ1n) is 7.31. The van der Waals surface area contributed by atoms with Gasteiger partial charge in [0.2, 0.25) is 0 Å². The monoisotopic (exact) mass is 278 g/mol. The van der Waals surface area contributed by atoms with Gasteiger partial charge in [-0.1, -0.05) is 6.58 Å². The fraction of sp³-hybridized carbons (Fsp3) is 0.800. The van der Waals surface area contributed by atoms with E-state index in [1.807, 2.05) is 13.8 Å². The molecule has 0 amide bonds. The number of esters is 1. The van der Waals surface area contributed by atoms with Gasteiger partial charge in [-0.2, -0.15) is 0 Å². The number of epoxide rings is 2. The van der Waals surface area contributed by atoms with Gasteiger partial charge in [-0.25, -0.2) is 4.79 Å². The van der Waals surface area contributed by atoms with E-state index in [9.17, 15) is 9.90 Å². The average Bonchev–Trinajstić information content (AvgIpc) is 3.21. The van der Waals surface area contributed by atoms with Crippen molar-refractivity contribution in [3.63, 3.8) is 0 Å². The number of rotatable bonds is 0. The van der Waals surface area contributed by atoms with Crippen LogP contribution in [-0.4, -0.2) is 46.2 Å². The summed E-state index contributed by atoms with van der Waals surface area (Å²) in [6.07, 6.45) is 1.01. The van der Waals surface area contributed by atoms with E-state index in [1.54, 1.807) is 0 Å². The molecule has 3 heterocycles. The van der Waals surface area contributed by atoms with Crippen LogP contribution in [0.3, 0.4) is 0 Å². The molecule has 3 saturated heterocycles. The van der Waals surface area contributed by atoms with Crippen LogP contribution in [0, 0.1) is 11.8 Å². The Bertz CT molecular complexity index is 569. The molecule has 0 aromatic carbocycles. The van der Waals surface area contributed by atoms with Gasteiger partial charge in [0.05, 0.1) is 11.5 Å². The second-order valence-electron chi connectivity index (χ2n) is 7.35. The molecular weight excluding hydrogens is 260 g/mol. The van der Waals surface area contributed by atoms with Gasteiger partial charge >= 0.3 is 5.97 Å². The number of hydrogen-bond acceptors (Lipinski definition) is 5. The van der Waals surface area contributed by atoms with E-state index in [4.69, 9.17) is 14.2 Å². The second-order valence-corrected chi connectivity index (χ2v) is 7.35. The van der Waals surface area contributed by atoms with Gasteiger partial charge in [-0.05, 0) is 26.7 Å². The summed E-state index contributed by atoms with van der Waals surface area (Å²) in [6.45, 7) is 7.78. The molecule has 5 aliphatic rings. The smallest absolute Gasteiger partial charge is 0.334 e. The molecule has 8 atom stereocenters. The van der Waals surface area contributed by atoms with Crippen molar-refractivity contribution in [2.24, 2.45) is 11.8 Å². The molecule has 5 rings (SSSR count). The fourth-order valence-electron chi connectivity index (χ4n) is 5.23. The zero-order chi connectivity index (χ0) is 14.1. The van der Waals surface area contributed by atoms with Gasteiger partial charge < -0.3 is 19.3 Å². The Balaban J connectivity index is 1.67. The zero-order valence-corrected chi connectivity index (χ0v) is 11.6. The van der Waals surface area contributed by atoms with E-state index in [0.29, 0.717) is 18.4 Å². The Morgan fingerprint density at radius 1 is 1.30 bits per heavy atom. The molecule has 0 aromatic rings. The molecule has 5 heteroatoms. The number of carbonyl (C=O) groups is 1. The lowest BCUT2D eigenvalue weighted by atomic mass is 9.74. The Hall–Kier alpha value is -0.910. The summed E-state index contributed by atoms with van der Waals surface area (Å²) >= 11 is 0. The maximum Gasteiger partial charge on any atom is 0.334 e. The Kier molecular flexibility index (Phi) is 1.67. The molecule has 20 heavy (non-hydrogen) atoms. The van der Waals surface area contributed by atoms with Crippen molar-refractivity contribution in [2.45, 2.75) is 61.8 Å². The molecule has 5 nitrogen and oxygen atoms in total. The van der Waals surface area contributed by atoms with Crippen molar-refractivity contribution in [3.05, 3.63) is 12.2 Å². The summed E-state index contributed by atoms with van der Waals surface area (Å²) in [5.74, 6) is -0.430. The van der Waals surface area contributed by atoms with Crippen LogP contribution < -0.4 is 0 Å². The van der Waals surface area contributed by atoms with Crippen LogP contribution in [0.4, 0.5) is 0 Å². The Morgan fingerprint density at radius 3 is 2.80 bits per heavy atom. The minimum Gasteiger partial charge on any atom is -0.458 e. The van der Waals surface area contributed by atoms with E-state index in [2.05, 4.69) is 6.58 Å². The molecule has 0 aromatic heterocycles. The maximum atomic E-state index is 11.9. The molecule has 0 unspecified atom stereocenters. The SMILES string of the molecule is C=C1C(=O)O[C@@H]2[C@H]1CC[C@@](C)(O)[C@@]13O[C@@H]1[C@@H]1O[C@]1(C)[C@H]23. The molecule has 2 saturated carbocycles. The summed E-state index contributed by atoms with van der Waals surface area (Å²) in [5, 5.41) is 10.9. The molecule has 0 radical (unpaired) electrons. The van der Waals surface area contributed by atoms with Crippen LogP contribution in [0.25, 0.3) is 0 Å². The van der Waals surface area contributed by atoms with Crippen molar-refractivity contribution < 1.29 is 24.1 Å². The third-order valence-corrected chi connectivity index (χ3v) is 6.39. The number of carbonyl (C=O) groups excluding carboxylic acids is 1. The van der Waals surface area contributed by atoms with Gasteiger partial charge in [0.15, 0.2) is 0 Å². The predicted octanol–water partition coefficient (Wildman–Crippen LogP) is 0.554. The predicted molar refractivity (Wildman–Crippen MR) is 66.7 cm³/mol. The molecule has 108 valence electrons. The standard InChI is InChI=1S/C15H18O5/c1-6-7-4-5-13(2,17)15-9(8(7)18-12(6)16)14(3)10(19-14)11(15)20-15/h7-11,17H,1,4-5H2,2-3H3/t7-,8+,9-,10-,11+,13+,14+,15-/m0/s1. The van der Waals surface area contributed by atoms with Gasteiger partial charge in [0.1, 0.15) is 29.5 Å². The van der Waals surface area contributed by atoms with Crippen LogP contribution in [0.1, 0.15) is 26.7 Å². The first-order chi connectivity index (χ1) is 9.33. The average molecular weight is 278 g/mol. The largest absolute Gasteiger partial charge is 0.458 e. The first-order valence-corrected chi connectivity index (χ1v) is 7.31. The molecule has 5 fully saturated rings. The lowest BCUT2D eigenvalue weighted by Crippen LogP contribution is -2.53. The minimum absolute atomic E-state index is 0.0250. The highest BCUT2D eigenvalue weighted by Gasteiger charge is 2.92. The van der Waals surface area contributed by atoms with E-state index >= 15 is 0 Å². The van der Waals surface area contributed by atoms with Crippen molar-refractivity contribution >= 4 is 5.97 Å². The van der Waals surface area contributed by atoms with Crippen LogP contribution in [0.2, 0.25) is 0 Å².